The van der Waals surface area contributed by atoms with E-state index in [9.17, 15) is 21.6 Å². The zero-order valence-corrected chi connectivity index (χ0v) is 17.1. The Labute approximate surface area is 142 Å². The number of nitrogens with one attached hydrogen (secondary N) is 3. The Balaban J connectivity index is 0.000000292. The summed E-state index contributed by atoms with van der Waals surface area (Å²) in [6, 6.07) is 6.99. The SMILES string of the molecule is FN1P(F)N=P(F)(Oc2ccccc2)N(F)P1F.N1PNPNP1. The Morgan fingerprint density at radius 2 is 1.58 bits per heavy atom. The molecule has 136 valence electrons. The minimum absolute atomic E-state index is 0.154. The maximum Gasteiger partial charge on any atom is 0.424 e. The monoisotopic (exact) mass is 464 g/mol. The topological polar surface area (TPSA) is 64.2 Å². The molecule has 7 nitrogen and oxygen atoms in total. The van der Waals surface area contributed by atoms with E-state index in [1.807, 2.05) is 0 Å². The van der Waals surface area contributed by atoms with Crippen molar-refractivity contribution in [1.29, 1.82) is 0 Å². The van der Waals surface area contributed by atoms with E-state index in [-0.39, 0.29) is 5.75 Å². The van der Waals surface area contributed by atoms with Gasteiger partial charge in [-0.15, -0.1) is 17.7 Å². The number of hydrogen-bond acceptors (Lipinski definition) is 7. The molecule has 3 atom stereocenters. The first kappa shape index (κ1) is 21.2. The molecule has 18 heteroatoms. The molecule has 1 aromatic carbocycles. The highest BCUT2D eigenvalue weighted by molar-refractivity contribution is 7.77. The molecular formula is C6H11F5N6OP6. The summed E-state index contributed by atoms with van der Waals surface area (Å²) in [5.41, 5.74) is 0. The summed E-state index contributed by atoms with van der Waals surface area (Å²) in [5.74, 6) is -0.154. The van der Waals surface area contributed by atoms with E-state index in [0.29, 0.717) is 0 Å². The van der Waals surface area contributed by atoms with Gasteiger partial charge in [0.05, 0.1) is 0 Å². The van der Waals surface area contributed by atoms with Gasteiger partial charge in [0.25, 0.3) is 0 Å². The molecule has 2 aliphatic rings. The van der Waals surface area contributed by atoms with Crippen LogP contribution in [0.15, 0.2) is 34.8 Å². The summed E-state index contributed by atoms with van der Waals surface area (Å²) in [7, 11) is -10.2. The van der Waals surface area contributed by atoms with Gasteiger partial charge in [0.2, 0.25) is 0 Å². The summed E-state index contributed by atoms with van der Waals surface area (Å²) in [4.78, 5) is 9.38. The first-order chi connectivity index (χ1) is 11.4. The normalized spacial score (nSPS) is 34.5. The fraction of sp³-hybridized carbons (Fsp3) is 0. The van der Waals surface area contributed by atoms with E-state index in [0.717, 1.165) is 26.6 Å². The number of hydrogen-bond donors (Lipinski definition) is 3. The molecule has 3 unspecified atom stereocenters. The van der Waals surface area contributed by atoms with Gasteiger partial charge in [0.1, 0.15) is 5.75 Å². The number of para-hydroxylation sites is 1. The highest BCUT2D eigenvalue weighted by Gasteiger charge is 2.52. The summed E-state index contributed by atoms with van der Waals surface area (Å²) < 4.78 is 70.8. The summed E-state index contributed by atoms with van der Waals surface area (Å²) >= 11 is 0. The smallest absolute Gasteiger partial charge is 0.422 e. The molecular weight excluding hydrogens is 453 g/mol. The van der Waals surface area contributed by atoms with Gasteiger partial charge < -0.3 is 4.52 Å². The lowest BCUT2D eigenvalue weighted by Crippen LogP contribution is -2.14. The molecule has 1 fully saturated rings. The van der Waals surface area contributed by atoms with Crippen molar-refractivity contribution in [3.63, 3.8) is 0 Å². The van der Waals surface area contributed by atoms with Gasteiger partial charge >= 0.3 is 24.8 Å². The van der Waals surface area contributed by atoms with Crippen LogP contribution >= 0.6 is 51.5 Å². The van der Waals surface area contributed by atoms with Crippen molar-refractivity contribution in [3.05, 3.63) is 30.3 Å². The lowest BCUT2D eigenvalue weighted by atomic mass is 10.3. The highest BCUT2D eigenvalue weighted by Crippen LogP contribution is 2.79. The molecule has 2 aliphatic heterocycles. The zero-order chi connectivity index (χ0) is 17.6. The number of rotatable bonds is 2. The van der Waals surface area contributed by atoms with Crippen molar-refractivity contribution in [1.82, 2.24) is 23.9 Å². The third-order valence-electron chi connectivity index (χ3n) is 2.14. The molecule has 3 rings (SSSR count). The van der Waals surface area contributed by atoms with Crippen LogP contribution in [0.5, 0.6) is 5.75 Å². The van der Waals surface area contributed by atoms with Crippen LogP contribution < -0.4 is 19.1 Å². The summed E-state index contributed by atoms with van der Waals surface area (Å²) in [6.45, 7) is 0. The molecule has 1 saturated heterocycles. The van der Waals surface area contributed by atoms with Crippen molar-refractivity contribution in [2.45, 2.75) is 0 Å². The van der Waals surface area contributed by atoms with Crippen LogP contribution in [0, 0.1) is 0 Å². The highest BCUT2D eigenvalue weighted by atomic mass is 31.3. The van der Waals surface area contributed by atoms with Gasteiger partial charge in [0, 0.05) is 31.3 Å². The van der Waals surface area contributed by atoms with Gasteiger partial charge in [-0.05, 0) is 16.8 Å². The molecule has 0 saturated carbocycles. The average Bonchev–Trinajstić information content (AvgIpc) is 2.61. The first-order valence-electron chi connectivity index (χ1n) is 5.84. The summed E-state index contributed by atoms with van der Waals surface area (Å²) in [5, 5.41) is 0. The molecule has 3 N–H and O–H groups in total. The largest absolute Gasteiger partial charge is 0.424 e. The predicted octanol–water partition coefficient (Wildman–Crippen LogP) is 6.05. The van der Waals surface area contributed by atoms with Crippen LogP contribution in [-0.2, 0) is 0 Å². The molecule has 0 aliphatic carbocycles. The molecule has 0 bridgehead atoms. The molecule has 24 heavy (non-hydrogen) atoms. The van der Waals surface area contributed by atoms with Crippen molar-refractivity contribution in [2.24, 2.45) is 4.52 Å². The minimum atomic E-state index is -5.01. The Hall–Kier alpha value is 0.850. The molecule has 2 heterocycles. The maximum absolute atomic E-state index is 14.0. The fourth-order valence-electron chi connectivity index (χ4n) is 1.22. The van der Waals surface area contributed by atoms with E-state index in [4.69, 9.17) is 0 Å². The van der Waals surface area contributed by atoms with E-state index < -0.39 is 34.1 Å². The second-order valence-corrected chi connectivity index (χ2v) is 12.3. The van der Waals surface area contributed by atoms with Crippen LogP contribution in [0.25, 0.3) is 0 Å². The fourth-order valence-corrected chi connectivity index (χ4v) is 8.97. The number of halogens is 5. The van der Waals surface area contributed by atoms with Crippen LogP contribution in [-0.4, -0.2) is 9.33 Å². The van der Waals surface area contributed by atoms with Crippen LogP contribution in [0.1, 0.15) is 0 Å². The maximum atomic E-state index is 14.0. The Bertz CT molecular complexity index is 561. The van der Waals surface area contributed by atoms with E-state index in [1.54, 1.807) is 6.07 Å². The lowest BCUT2D eigenvalue weighted by Gasteiger charge is -2.29. The first-order valence-corrected chi connectivity index (χ1v) is 12.6. The average molecular weight is 464 g/mol. The van der Waals surface area contributed by atoms with Gasteiger partial charge in [-0.1, -0.05) is 18.2 Å². The van der Waals surface area contributed by atoms with Gasteiger partial charge in [0.15, 0.2) is 0 Å². The van der Waals surface area contributed by atoms with E-state index in [2.05, 4.69) is 23.6 Å². The number of nitrogens with zero attached hydrogens (tertiary/aromatic N) is 3. The third-order valence-corrected chi connectivity index (χ3v) is 10.3. The second-order valence-electron chi connectivity index (χ2n) is 3.68. The van der Waals surface area contributed by atoms with Crippen LogP contribution in [0.3, 0.4) is 0 Å². The van der Waals surface area contributed by atoms with Crippen LogP contribution in [0.4, 0.5) is 21.6 Å². The quantitative estimate of drug-likeness (QED) is 0.281. The Morgan fingerprint density at radius 3 is 2.08 bits per heavy atom. The molecule has 0 aromatic heterocycles. The molecule has 1 aromatic rings. The van der Waals surface area contributed by atoms with E-state index >= 15 is 0 Å². The predicted molar refractivity (Wildman–Crippen MR) is 93.8 cm³/mol. The zero-order valence-electron chi connectivity index (χ0n) is 11.4. The van der Waals surface area contributed by atoms with Crippen molar-refractivity contribution < 1.29 is 26.1 Å². The third kappa shape index (κ3) is 5.94. The molecule has 0 spiro atoms. The van der Waals surface area contributed by atoms with Gasteiger partial charge in [-0.3, -0.25) is 14.6 Å². The van der Waals surface area contributed by atoms with Crippen LogP contribution in [0.2, 0.25) is 0 Å². The Morgan fingerprint density at radius 1 is 1.04 bits per heavy atom. The minimum Gasteiger partial charge on any atom is -0.422 e. The van der Waals surface area contributed by atoms with Crippen molar-refractivity contribution >= 4 is 51.5 Å². The number of benzene rings is 1. The Kier molecular flexibility index (Phi) is 9.04. The van der Waals surface area contributed by atoms with Gasteiger partial charge in [-0.25, -0.2) is 0 Å². The molecule has 0 amide bonds. The standard InChI is InChI=1S/C6H5F5N3OP3.H6N3P3/c7-13-16(9)12-18(11,14(8)17(13)10)15-6-4-2-1-3-5-6;1-4-2-6-3-5-1/h1-5H;1-6H. The lowest BCUT2D eigenvalue weighted by molar-refractivity contribution is 0.176. The van der Waals surface area contributed by atoms with Gasteiger partial charge in [-0.2, -0.15) is 8.39 Å². The second kappa shape index (κ2) is 10.3. The summed E-state index contributed by atoms with van der Waals surface area (Å²) in [6.07, 6.45) is 0. The van der Waals surface area contributed by atoms with Crippen molar-refractivity contribution in [3.8, 4) is 5.75 Å². The molecule has 0 radical (unpaired) electrons. The van der Waals surface area contributed by atoms with Crippen molar-refractivity contribution in [2.75, 3.05) is 0 Å². The van der Waals surface area contributed by atoms with E-state index in [1.165, 1.54) is 24.3 Å².